The van der Waals surface area contributed by atoms with Crippen molar-refractivity contribution in [1.82, 2.24) is 10.2 Å². The summed E-state index contributed by atoms with van der Waals surface area (Å²) >= 11 is 6.11. The second-order valence-corrected chi connectivity index (χ2v) is 13.1. The van der Waals surface area contributed by atoms with E-state index in [-0.39, 0.29) is 35.4 Å². The van der Waals surface area contributed by atoms with Gasteiger partial charge in [0.1, 0.15) is 18.4 Å². The molecule has 0 fully saturated rings. The Morgan fingerprint density at radius 2 is 1.41 bits per heavy atom. The van der Waals surface area contributed by atoms with Gasteiger partial charge < -0.3 is 10.2 Å². The van der Waals surface area contributed by atoms with Gasteiger partial charge in [0.25, 0.3) is 10.0 Å². The number of sulfonamides is 1. The van der Waals surface area contributed by atoms with E-state index in [1.165, 1.54) is 35.2 Å². The van der Waals surface area contributed by atoms with Gasteiger partial charge in [-0.3, -0.25) is 13.9 Å². The maximum atomic E-state index is 15.2. The number of halogens is 2. The van der Waals surface area contributed by atoms with Crippen LogP contribution in [0.2, 0.25) is 5.02 Å². The van der Waals surface area contributed by atoms with Gasteiger partial charge in [0.05, 0.1) is 10.6 Å². The predicted molar refractivity (Wildman–Crippen MR) is 171 cm³/mol. The average molecular weight is 636 g/mol. The van der Waals surface area contributed by atoms with Gasteiger partial charge in [0.15, 0.2) is 0 Å². The summed E-state index contributed by atoms with van der Waals surface area (Å²) in [5, 5.41) is 3.44. The van der Waals surface area contributed by atoms with Crippen molar-refractivity contribution in [1.29, 1.82) is 0 Å². The summed E-state index contributed by atoms with van der Waals surface area (Å²) in [6.45, 7) is 3.55. The summed E-state index contributed by atoms with van der Waals surface area (Å²) in [6, 6.07) is 28.0. The van der Waals surface area contributed by atoms with Crippen molar-refractivity contribution in [3.63, 3.8) is 0 Å². The molecule has 0 aliphatic rings. The second kappa shape index (κ2) is 15.0. The second-order valence-electron chi connectivity index (χ2n) is 10.8. The van der Waals surface area contributed by atoms with Crippen molar-refractivity contribution in [2.75, 3.05) is 17.4 Å². The Bertz CT molecular complexity index is 1650. The van der Waals surface area contributed by atoms with Gasteiger partial charge >= 0.3 is 0 Å². The number of rotatable bonds is 13. The minimum Gasteiger partial charge on any atom is -0.354 e. The SMILES string of the molecule is CC(C)CNC(=O)[C@@H](Cc1ccccc1)N(Cc1ccc(Cl)cc1)C(=O)CN(c1ccccc1F)S(=O)(=O)c1ccccc1. The standard InChI is InChI=1S/C34H35ClFN3O4S/c1-25(2)22-37-34(41)32(21-26-11-5-3-6-12-26)38(23-27-17-19-28(35)20-18-27)33(40)24-39(31-16-10-9-15-30(31)36)44(42,43)29-13-7-4-8-14-29/h3-20,25,32H,21-24H2,1-2H3,(H,37,41)/t32-/m1/s1. The molecule has 4 aromatic rings. The number of anilines is 1. The molecule has 4 rings (SSSR count). The lowest BCUT2D eigenvalue weighted by Crippen LogP contribution is -2.53. The zero-order chi connectivity index (χ0) is 31.7. The molecule has 0 unspecified atom stereocenters. The topological polar surface area (TPSA) is 86.8 Å². The highest BCUT2D eigenvalue weighted by Crippen LogP contribution is 2.27. The summed E-state index contributed by atoms with van der Waals surface area (Å²) in [5.74, 6) is -1.71. The quantitative estimate of drug-likeness (QED) is 0.193. The van der Waals surface area contributed by atoms with Crippen LogP contribution in [0.25, 0.3) is 0 Å². The third-order valence-corrected chi connectivity index (χ3v) is 8.98. The lowest BCUT2D eigenvalue weighted by Gasteiger charge is -2.34. The smallest absolute Gasteiger partial charge is 0.264 e. The molecule has 2 amide bonds. The first-order valence-corrected chi connectivity index (χ1v) is 16.1. The number of hydrogen-bond donors (Lipinski definition) is 1. The summed E-state index contributed by atoms with van der Waals surface area (Å²) < 4.78 is 43.7. The predicted octanol–water partition coefficient (Wildman–Crippen LogP) is 6.09. The Morgan fingerprint density at radius 3 is 2.02 bits per heavy atom. The van der Waals surface area contributed by atoms with E-state index >= 15 is 4.39 Å². The van der Waals surface area contributed by atoms with Crippen molar-refractivity contribution in [3.05, 3.63) is 131 Å². The van der Waals surface area contributed by atoms with Crippen LogP contribution in [-0.2, 0) is 32.6 Å². The number of carbonyl (C=O) groups excluding carboxylic acids is 2. The molecule has 44 heavy (non-hydrogen) atoms. The number of benzene rings is 4. The van der Waals surface area contributed by atoms with Gasteiger partial charge in [0, 0.05) is 24.5 Å². The number of amides is 2. The Kier molecular flexibility index (Phi) is 11.1. The molecule has 0 heterocycles. The first-order valence-electron chi connectivity index (χ1n) is 14.2. The Balaban J connectivity index is 1.79. The van der Waals surface area contributed by atoms with Crippen LogP contribution < -0.4 is 9.62 Å². The molecule has 0 aromatic heterocycles. The third kappa shape index (κ3) is 8.45. The van der Waals surface area contributed by atoms with Crippen molar-refractivity contribution >= 4 is 39.1 Å². The maximum absolute atomic E-state index is 15.2. The van der Waals surface area contributed by atoms with Crippen LogP contribution in [-0.4, -0.2) is 44.3 Å². The van der Waals surface area contributed by atoms with Gasteiger partial charge in [-0.15, -0.1) is 0 Å². The fourth-order valence-corrected chi connectivity index (χ4v) is 6.22. The molecule has 1 atom stereocenters. The zero-order valence-electron chi connectivity index (χ0n) is 24.6. The molecule has 7 nitrogen and oxygen atoms in total. The number of hydrogen-bond acceptors (Lipinski definition) is 4. The fraction of sp³-hybridized carbons (Fsp3) is 0.235. The van der Waals surface area contributed by atoms with Crippen LogP contribution in [0.4, 0.5) is 10.1 Å². The van der Waals surface area contributed by atoms with Crippen LogP contribution in [0.15, 0.2) is 114 Å². The minimum absolute atomic E-state index is 0.0148. The normalized spacial score (nSPS) is 12.0. The minimum atomic E-state index is -4.38. The summed E-state index contributed by atoms with van der Waals surface area (Å²) in [7, 11) is -4.38. The van der Waals surface area contributed by atoms with Crippen LogP contribution in [0, 0.1) is 11.7 Å². The molecule has 230 valence electrons. The summed E-state index contributed by atoms with van der Waals surface area (Å²) in [5.41, 5.74) is 1.22. The third-order valence-electron chi connectivity index (χ3n) is 6.95. The Morgan fingerprint density at radius 1 is 0.818 bits per heavy atom. The molecular weight excluding hydrogens is 601 g/mol. The van der Waals surface area contributed by atoms with Crippen LogP contribution in [0.3, 0.4) is 0 Å². The van der Waals surface area contributed by atoms with Crippen LogP contribution in [0.1, 0.15) is 25.0 Å². The van der Waals surface area contributed by atoms with E-state index in [1.54, 1.807) is 42.5 Å². The van der Waals surface area contributed by atoms with Gasteiger partial charge in [-0.05, 0) is 53.4 Å². The highest BCUT2D eigenvalue weighted by molar-refractivity contribution is 7.92. The first kappa shape index (κ1) is 32.7. The zero-order valence-corrected chi connectivity index (χ0v) is 26.1. The summed E-state index contributed by atoms with van der Waals surface area (Å²) in [4.78, 5) is 29.4. The number of nitrogens with zero attached hydrogens (tertiary/aromatic N) is 2. The van der Waals surface area contributed by atoms with Crippen LogP contribution in [0.5, 0.6) is 0 Å². The lowest BCUT2D eigenvalue weighted by atomic mass is 10.0. The van der Waals surface area contributed by atoms with E-state index in [0.717, 1.165) is 15.9 Å². The van der Waals surface area contributed by atoms with E-state index in [2.05, 4.69) is 5.32 Å². The van der Waals surface area contributed by atoms with Crippen molar-refractivity contribution in [3.8, 4) is 0 Å². The molecule has 0 saturated carbocycles. The Labute approximate surface area is 263 Å². The first-order chi connectivity index (χ1) is 21.1. The fourth-order valence-electron chi connectivity index (χ4n) is 4.65. The highest BCUT2D eigenvalue weighted by Gasteiger charge is 2.35. The number of nitrogens with one attached hydrogen (secondary N) is 1. The molecule has 0 saturated heterocycles. The largest absolute Gasteiger partial charge is 0.354 e. The van der Waals surface area contributed by atoms with Crippen molar-refractivity contribution in [2.24, 2.45) is 5.92 Å². The average Bonchev–Trinajstić information content (AvgIpc) is 3.02. The molecule has 0 radical (unpaired) electrons. The van der Waals surface area contributed by atoms with E-state index in [4.69, 9.17) is 11.6 Å². The van der Waals surface area contributed by atoms with Gasteiger partial charge in [-0.1, -0.05) is 98.2 Å². The molecule has 0 aliphatic carbocycles. The molecule has 0 spiro atoms. The van der Waals surface area contributed by atoms with Crippen molar-refractivity contribution in [2.45, 2.75) is 37.8 Å². The molecule has 0 aliphatic heterocycles. The lowest BCUT2D eigenvalue weighted by molar-refractivity contribution is -0.140. The monoisotopic (exact) mass is 635 g/mol. The van der Waals surface area contributed by atoms with E-state index in [0.29, 0.717) is 17.1 Å². The molecule has 0 bridgehead atoms. The Hall–Kier alpha value is -4.21. The van der Waals surface area contributed by atoms with Gasteiger partial charge in [0.2, 0.25) is 11.8 Å². The molecule has 1 N–H and O–H groups in total. The summed E-state index contributed by atoms with van der Waals surface area (Å²) in [6.07, 6.45) is 0.176. The van der Waals surface area contributed by atoms with Crippen molar-refractivity contribution < 1.29 is 22.4 Å². The van der Waals surface area contributed by atoms with E-state index < -0.39 is 34.3 Å². The van der Waals surface area contributed by atoms with Crippen LogP contribution >= 0.6 is 11.6 Å². The number of para-hydroxylation sites is 1. The number of carbonyl (C=O) groups is 2. The maximum Gasteiger partial charge on any atom is 0.264 e. The van der Waals surface area contributed by atoms with Gasteiger partial charge in [-0.2, -0.15) is 0 Å². The van der Waals surface area contributed by atoms with E-state index in [9.17, 15) is 18.0 Å². The highest BCUT2D eigenvalue weighted by atomic mass is 35.5. The molecule has 4 aromatic carbocycles. The molecule has 10 heteroatoms. The van der Waals surface area contributed by atoms with Gasteiger partial charge in [-0.25, -0.2) is 12.8 Å². The van der Waals surface area contributed by atoms with E-state index in [1.807, 2.05) is 44.2 Å². The molecular formula is C34H35ClFN3O4S.